The molecule has 6 heteroatoms. The Morgan fingerprint density at radius 3 is 2.68 bits per heavy atom. The molecule has 0 amide bonds. The Bertz CT molecular complexity index is 502. The lowest BCUT2D eigenvalue weighted by atomic mass is 10.2. The van der Waals surface area contributed by atoms with Crippen LogP contribution in [0.2, 0.25) is 0 Å². The number of carboxylic acid groups (broad SMARTS) is 1. The minimum absolute atomic E-state index is 0.0270. The van der Waals surface area contributed by atoms with Gasteiger partial charge in [-0.05, 0) is 18.2 Å². The van der Waals surface area contributed by atoms with Gasteiger partial charge in [0.2, 0.25) is 0 Å². The van der Waals surface area contributed by atoms with E-state index >= 15 is 0 Å². The molecule has 102 valence electrons. The first-order valence-corrected chi connectivity index (χ1v) is 7.44. The molecule has 0 unspecified atom stereocenters. The molecule has 0 radical (unpaired) electrons. The number of rotatable bonds is 7. The Hall–Kier alpha value is -1.40. The molecule has 0 bridgehead atoms. The fourth-order valence-electron chi connectivity index (χ4n) is 1.27. The Labute approximate surface area is 119 Å². The average Bonchev–Trinajstić information content (AvgIpc) is 2.80. The van der Waals surface area contributed by atoms with Crippen LogP contribution in [0.25, 0.3) is 6.08 Å². The van der Waals surface area contributed by atoms with Gasteiger partial charge < -0.3 is 5.11 Å². The fraction of sp³-hybridized carbons (Fsp3) is 0.308. The van der Waals surface area contributed by atoms with Gasteiger partial charge in [0.15, 0.2) is 10.9 Å². The second-order valence-electron chi connectivity index (χ2n) is 3.72. The summed E-state index contributed by atoms with van der Waals surface area (Å²) in [4.78, 5) is 34.2. The van der Waals surface area contributed by atoms with E-state index in [0.717, 1.165) is 4.88 Å². The second kappa shape index (κ2) is 7.91. The summed E-state index contributed by atoms with van der Waals surface area (Å²) in [7, 11) is 0. The van der Waals surface area contributed by atoms with E-state index in [1.165, 1.54) is 30.0 Å². The number of carboxylic acids is 1. The quantitative estimate of drug-likeness (QED) is 0.783. The van der Waals surface area contributed by atoms with Crippen LogP contribution in [0.1, 0.15) is 34.3 Å². The highest BCUT2D eigenvalue weighted by molar-refractivity contribution is 8.13. The zero-order valence-corrected chi connectivity index (χ0v) is 12.1. The van der Waals surface area contributed by atoms with Gasteiger partial charge in [-0.3, -0.25) is 14.4 Å². The van der Waals surface area contributed by atoms with Gasteiger partial charge in [-0.15, -0.1) is 11.3 Å². The molecule has 1 rings (SSSR count). The van der Waals surface area contributed by atoms with Crippen molar-refractivity contribution in [3.8, 4) is 0 Å². The van der Waals surface area contributed by atoms with Gasteiger partial charge in [0, 0.05) is 24.0 Å². The number of hydrogen-bond donors (Lipinski definition) is 1. The molecule has 0 saturated carbocycles. The Kier molecular flexibility index (Phi) is 6.52. The maximum absolute atomic E-state index is 11.7. The van der Waals surface area contributed by atoms with Crippen molar-refractivity contribution in [3.63, 3.8) is 0 Å². The van der Waals surface area contributed by atoms with Gasteiger partial charge in [0.1, 0.15) is 0 Å². The van der Waals surface area contributed by atoms with Crippen molar-refractivity contribution in [2.75, 3.05) is 5.75 Å². The summed E-state index contributed by atoms with van der Waals surface area (Å²) >= 11 is 2.55. The van der Waals surface area contributed by atoms with Gasteiger partial charge in [0.05, 0.1) is 11.3 Å². The smallest absolute Gasteiger partial charge is 0.303 e. The van der Waals surface area contributed by atoms with E-state index in [2.05, 4.69) is 0 Å². The van der Waals surface area contributed by atoms with Crippen molar-refractivity contribution < 1.29 is 19.5 Å². The first-order valence-electron chi connectivity index (χ1n) is 5.64. The molecule has 0 aliphatic rings. The molecule has 0 saturated heterocycles. The Balaban J connectivity index is 2.49. The van der Waals surface area contributed by atoms with Crippen LogP contribution in [0.5, 0.6) is 0 Å². The van der Waals surface area contributed by atoms with Crippen LogP contribution >= 0.6 is 23.1 Å². The molecule has 19 heavy (non-hydrogen) atoms. The van der Waals surface area contributed by atoms with Crippen LogP contribution in [0.15, 0.2) is 18.2 Å². The Morgan fingerprint density at radius 2 is 2.05 bits per heavy atom. The van der Waals surface area contributed by atoms with Gasteiger partial charge in [-0.2, -0.15) is 0 Å². The van der Waals surface area contributed by atoms with Gasteiger partial charge in [-0.1, -0.05) is 17.8 Å². The summed E-state index contributed by atoms with van der Waals surface area (Å²) in [5, 5.41) is 8.58. The summed E-state index contributed by atoms with van der Waals surface area (Å²) in [6, 6.07) is 3.51. The standard InChI is InChI=1S/C13H14O4S2/c1-9(14)18-8-2-3-10-4-6-12(19-10)11(15)5-7-13(16)17/h2-4,6H,5,7-8H2,1H3,(H,16,17). The monoisotopic (exact) mass is 298 g/mol. The highest BCUT2D eigenvalue weighted by atomic mass is 32.2. The van der Waals surface area contributed by atoms with Crippen molar-refractivity contribution in [2.24, 2.45) is 0 Å². The number of ketones is 1. The number of carbonyl (C=O) groups excluding carboxylic acids is 2. The van der Waals surface area contributed by atoms with E-state index in [-0.39, 0.29) is 23.7 Å². The van der Waals surface area contributed by atoms with Crippen molar-refractivity contribution in [1.82, 2.24) is 0 Å². The zero-order valence-electron chi connectivity index (χ0n) is 10.4. The fourth-order valence-corrected chi connectivity index (χ4v) is 2.60. The van der Waals surface area contributed by atoms with Crippen molar-refractivity contribution >= 4 is 46.0 Å². The third-order valence-corrected chi connectivity index (χ3v) is 3.99. The van der Waals surface area contributed by atoms with Crippen molar-refractivity contribution in [1.29, 1.82) is 0 Å². The maximum atomic E-state index is 11.7. The predicted octanol–water partition coefficient (Wildman–Crippen LogP) is 3.09. The van der Waals surface area contributed by atoms with Gasteiger partial charge >= 0.3 is 5.97 Å². The van der Waals surface area contributed by atoms with Crippen LogP contribution in [0.4, 0.5) is 0 Å². The number of aliphatic carboxylic acids is 1. The van der Waals surface area contributed by atoms with Crippen LogP contribution in [0, 0.1) is 0 Å². The summed E-state index contributed by atoms with van der Waals surface area (Å²) in [6.45, 7) is 1.52. The molecule has 1 heterocycles. The molecule has 0 aromatic carbocycles. The van der Waals surface area contributed by atoms with Gasteiger partial charge in [0.25, 0.3) is 0 Å². The third kappa shape index (κ3) is 6.35. The molecule has 1 N–H and O–H groups in total. The topological polar surface area (TPSA) is 71.4 Å². The minimum Gasteiger partial charge on any atom is -0.481 e. The lowest BCUT2D eigenvalue weighted by Gasteiger charge is -1.93. The molecular weight excluding hydrogens is 284 g/mol. The first kappa shape index (κ1) is 15.7. The van der Waals surface area contributed by atoms with Crippen molar-refractivity contribution in [3.05, 3.63) is 28.0 Å². The Morgan fingerprint density at radius 1 is 1.32 bits per heavy atom. The van der Waals surface area contributed by atoms with E-state index in [0.29, 0.717) is 10.6 Å². The molecule has 4 nitrogen and oxygen atoms in total. The normalized spacial score (nSPS) is 10.8. The molecule has 0 fully saturated rings. The summed E-state index contributed by atoms with van der Waals surface area (Å²) in [5.41, 5.74) is 0. The lowest BCUT2D eigenvalue weighted by molar-refractivity contribution is -0.136. The maximum Gasteiger partial charge on any atom is 0.303 e. The first-order chi connectivity index (χ1) is 8.99. The van der Waals surface area contributed by atoms with Crippen LogP contribution < -0.4 is 0 Å². The average molecular weight is 298 g/mol. The SMILES string of the molecule is CC(=O)SCC=Cc1ccc(C(=O)CCC(=O)O)s1. The molecule has 0 atom stereocenters. The molecule has 0 spiro atoms. The zero-order chi connectivity index (χ0) is 14.3. The third-order valence-electron chi connectivity index (χ3n) is 2.13. The van der Waals surface area contributed by atoms with Crippen LogP contribution in [-0.2, 0) is 9.59 Å². The summed E-state index contributed by atoms with van der Waals surface area (Å²) in [5.74, 6) is -0.508. The van der Waals surface area contributed by atoms with E-state index in [4.69, 9.17) is 5.11 Å². The van der Waals surface area contributed by atoms with Crippen LogP contribution in [-0.4, -0.2) is 27.7 Å². The number of thiophene rings is 1. The number of carbonyl (C=O) groups is 3. The number of thioether (sulfide) groups is 1. The van der Waals surface area contributed by atoms with E-state index in [1.807, 2.05) is 18.2 Å². The second-order valence-corrected chi connectivity index (χ2v) is 6.04. The largest absolute Gasteiger partial charge is 0.481 e. The molecule has 0 aliphatic carbocycles. The van der Waals surface area contributed by atoms with E-state index in [9.17, 15) is 14.4 Å². The highest BCUT2D eigenvalue weighted by Gasteiger charge is 2.10. The molecular formula is C13H14O4S2. The summed E-state index contributed by atoms with van der Waals surface area (Å²) in [6.07, 6.45) is 3.61. The van der Waals surface area contributed by atoms with Gasteiger partial charge in [-0.25, -0.2) is 0 Å². The van der Waals surface area contributed by atoms with E-state index < -0.39 is 5.97 Å². The highest BCUT2D eigenvalue weighted by Crippen LogP contribution is 2.20. The van der Waals surface area contributed by atoms with Crippen molar-refractivity contribution in [2.45, 2.75) is 19.8 Å². The van der Waals surface area contributed by atoms with E-state index in [1.54, 1.807) is 6.07 Å². The summed E-state index contributed by atoms with van der Waals surface area (Å²) < 4.78 is 0. The van der Waals surface area contributed by atoms with Crippen LogP contribution in [0.3, 0.4) is 0 Å². The lowest BCUT2D eigenvalue weighted by Crippen LogP contribution is -2.01. The number of Topliss-reactive ketones (excluding diaryl/α,β-unsaturated/α-hetero) is 1. The number of hydrogen-bond acceptors (Lipinski definition) is 5. The minimum atomic E-state index is -0.966. The predicted molar refractivity (Wildman–Crippen MR) is 77.7 cm³/mol. The molecule has 1 aromatic rings. The molecule has 1 aromatic heterocycles. The molecule has 0 aliphatic heterocycles.